The summed E-state index contributed by atoms with van der Waals surface area (Å²) in [6, 6.07) is 12.5. The Balaban J connectivity index is 1.55. The van der Waals surface area contributed by atoms with Crippen LogP contribution in [-0.4, -0.2) is 29.9 Å². The monoisotopic (exact) mass is 343 g/mol. The predicted octanol–water partition coefficient (Wildman–Crippen LogP) is 3.97. The fourth-order valence-electron chi connectivity index (χ4n) is 2.77. The van der Waals surface area contributed by atoms with Gasteiger partial charge in [-0.15, -0.1) is 0 Å². The zero-order valence-electron chi connectivity index (χ0n) is 13.4. The Hall–Kier alpha value is -2.33. The Labute approximate surface area is 146 Å². The lowest BCUT2D eigenvalue weighted by molar-refractivity contribution is 0.0647. The summed E-state index contributed by atoms with van der Waals surface area (Å²) in [5, 5.41) is 0.732. The van der Waals surface area contributed by atoms with Crippen LogP contribution in [0.4, 0.5) is 0 Å². The first-order valence-electron chi connectivity index (χ1n) is 7.98. The molecule has 0 aromatic heterocycles. The standard InChI is InChI=1S/C19H18ClNO3/c1-2-13-12-14(8-9-17(13)20)24-11-5-10-21-18(22)15-6-3-4-7-16(15)19(21)23/h3-4,6-9,12H,2,5,10-11H2,1H3. The summed E-state index contributed by atoms with van der Waals surface area (Å²) in [5.41, 5.74) is 2.00. The molecule has 1 heterocycles. The van der Waals surface area contributed by atoms with Crippen LogP contribution in [0, 0.1) is 0 Å². The number of amides is 2. The molecule has 124 valence electrons. The van der Waals surface area contributed by atoms with Gasteiger partial charge in [-0.05, 0) is 48.7 Å². The molecule has 5 heteroatoms. The average molecular weight is 344 g/mol. The molecule has 0 saturated carbocycles. The highest BCUT2D eigenvalue weighted by Crippen LogP contribution is 2.24. The molecule has 2 amide bonds. The molecule has 0 radical (unpaired) electrons. The maximum absolute atomic E-state index is 12.2. The number of imide groups is 1. The van der Waals surface area contributed by atoms with Crippen LogP contribution in [-0.2, 0) is 6.42 Å². The van der Waals surface area contributed by atoms with Gasteiger partial charge in [0.1, 0.15) is 5.75 Å². The number of aryl methyl sites for hydroxylation is 1. The van der Waals surface area contributed by atoms with Crippen LogP contribution in [0.3, 0.4) is 0 Å². The minimum atomic E-state index is -0.227. The summed E-state index contributed by atoms with van der Waals surface area (Å²) in [7, 11) is 0. The van der Waals surface area contributed by atoms with E-state index in [0.717, 1.165) is 22.8 Å². The lowest BCUT2D eigenvalue weighted by Gasteiger charge is -2.14. The highest BCUT2D eigenvalue weighted by Gasteiger charge is 2.34. The maximum atomic E-state index is 12.2. The molecule has 1 aliphatic heterocycles. The molecular weight excluding hydrogens is 326 g/mol. The van der Waals surface area contributed by atoms with E-state index in [4.69, 9.17) is 16.3 Å². The SMILES string of the molecule is CCc1cc(OCCCN2C(=O)c3ccccc3C2=O)ccc1Cl. The van der Waals surface area contributed by atoms with Crippen LogP contribution in [0.25, 0.3) is 0 Å². The Morgan fingerprint density at radius 2 is 1.71 bits per heavy atom. The zero-order valence-corrected chi connectivity index (χ0v) is 14.2. The molecule has 4 nitrogen and oxygen atoms in total. The number of carbonyl (C=O) groups excluding carboxylic acids is 2. The third-order valence-corrected chi connectivity index (χ3v) is 4.44. The van der Waals surface area contributed by atoms with E-state index in [0.29, 0.717) is 30.7 Å². The number of carbonyl (C=O) groups is 2. The highest BCUT2D eigenvalue weighted by molar-refractivity contribution is 6.31. The number of fused-ring (bicyclic) bond motifs is 1. The number of halogens is 1. The summed E-state index contributed by atoms with van der Waals surface area (Å²) in [5.74, 6) is 0.296. The second-order valence-electron chi connectivity index (χ2n) is 5.62. The maximum Gasteiger partial charge on any atom is 0.261 e. The molecule has 0 bridgehead atoms. The van der Waals surface area contributed by atoms with Gasteiger partial charge in [0.2, 0.25) is 0 Å². The van der Waals surface area contributed by atoms with Crippen LogP contribution in [0.1, 0.15) is 39.6 Å². The van der Waals surface area contributed by atoms with Gasteiger partial charge in [-0.25, -0.2) is 0 Å². The van der Waals surface area contributed by atoms with Crippen molar-refractivity contribution in [3.8, 4) is 5.75 Å². The van der Waals surface area contributed by atoms with Crippen LogP contribution in [0.5, 0.6) is 5.75 Å². The predicted molar refractivity (Wildman–Crippen MR) is 92.8 cm³/mol. The Morgan fingerprint density at radius 3 is 2.33 bits per heavy atom. The molecule has 1 aliphatic rings. The van der Waals surface area contributed by atoms with Crippen molar-refractivity contribution in [1.29, 1.82) is 0 Å². The van der Waals surface area contributed by atoms with Gasteiger partial charge >= 0.3 is 0 Å². The van der Waals surface area contributed by atoms with Gasteiger partial charge in [0, 0.05) is 11.6 Å². The Morgan fingerprint density at radius 1 is 1.04 bits per heavy atom. The van der Waals surface area contributed by atoms with E-state index in [2.05, 4.69) is 0 Å². The van der Waals surface area contributed by atoms with E-state index in [1.165, 1.54) is 4.90 Å². The fourth-order valence-corrected chi connectivity index (χ4v) is 3.02. The van der Waals surface area contributed by atoms with Crippen molar-refractivity contribution in [2.24, 2.45) is 0 Å². The quantitative estimate of drug-likeness (QED) is 0.589. The highest BCUT2D eigenvalue weighted by atomic mass is 35.5. The van der Waals surface area contributed by atoms with E-state index in [9.17, 15) is 9.59 Å². The Kier molecular flexibility index (Phi) is 4.86. The average Bonchev–Trinajstić information content (AvgIpc) is 2.85. The molecule has 3 rings (SSSR count). The molecule has 0 N–H and O–H groups in total. The third kappa shape index (κ3) is 3.15. The summed E-state index contributed by atoms with van der Waals surface area (Å²) in [6.45, 7) is 2.81. The van der Waals surface area contributed by atoms with Crippen molar-refractivity contribution in [3.05, 3.63) is 64.2 Å². The summed E-state index contributed by atoms with van der Waals surface area (Å²) in [6.07, 6.45) is 1.42. The fraction of sp³-hybridized carbons (Fsp3) is 0.263. The largest absolute Gasteiger partial charge is 0.494 e. The van der Waals surface area contributed by atoms with Gasteiger partial charge in [0.15, 0.2) is 0 Å². The molecular formula is C19H18ClNO3. The number of hydrogen-bond acceptors (Lipinski definition) is 3. The summed E-state index contributed by atoms with van der Waals surface area (Å²) < 4.78 is 5.70. The van der Waals surface area contributed by atoms with Crippen molar-refractivity contribution in [1.82, 2.24) is 4.90 Å². The van der Waals surface area contributed by atoms with Crippen LogP contribution in [0.2, 0.25) is 5.02 Å². The van der Waals surface area contributed by atoms with E-state index in [-0.39, 0.29) is 11.8 Å². The first kappa shape index (κ1) is 16.5. The van der Waals surface area contributed by atoms with E-state index >= 15 is 0 Å². The first-order chi connectivity index (χ1) is 11.6. The van der Waals surface area contributed by atoms with Crippen molar-refractivity contribution < 1.29 is 14.3 Å². The lowest BCUT2D eigenvalue weighted by Crippen LogP contribution is -2.31. The van der Waals surface area contributed by atoms with Crippen LogP contribution >= 0.6 is 11.6 Å². The van der Waals surface area contributed by atoms with Crippen molar-refractivity contribution in [3.63, 3.8) is 0 Å². The van der Waals surface area contributed by atoms with Gasteiger partial charge in [-0.1, -0.05) is 30.7 Å². The number of ether oxygens (including phenoxy) is 1. The minimum absolute atomic E-state index is 0.227. The third-order valence-electron chi connectivity index (χ3n) is 4.07. The summed E-state index contributed by atoms with van der Waals surface area (Å²) >= 11 is 6.08. The van der Waals surface area contributed by atoms with Gasteiger partial charge in [-0.3, -0.25) is 14.5 Å². The molecule has 0 unspecified atom stereocenters. The molecule has 24 heavy (non-hydrogen) atoms. The van der Waals surface area contributed by atoms with Gasteiger partial charge < -0.3 is 4.74 Å². The normalized spacial score (nSPS) is 13.3. The van der Waals surface area contributed by atoms with Crippen LogP contribution in [0.15, 0.2) is 42.5 Å². The molecule has 0 aliphatic carbocycles. The molecule has 2 aromatic rings. The number of nitrogens with zero attached hydrogens (tertiary/aromatic N) is 1. The number of benzene rings is 2. The molecule has 0 fully saturated rings. The van der Waals surface area contributed by atoms with Crippen molar-refractivity contribution >= 4 is 23.4 Å². The zero-order chi connectivity index (χ0) is 17.1. The smallest absolute Gasteiger partial charge is 0.261 e. The molecule has 0 atom stereocenters. The lowest BCUT2D eigenvalue weighted by atomic mass is 10.1. The number of rotatable bonds is 6. The molecule has 0 saturated heterocycles. The van der Waals surface area contributed by atoms with E-state index in [1.807, 2.05) is 25.1 Å². The van der Waals surface area contributed by atoms with Crippen molar-refractivity contribution in [2.75, 3.05) is 13.2 Å². The van der Waals surface area contributed by atoms with Gasteiger partial charge in [0.05, 0.1) is 17.7 Å². The number of hydrogen-bond donors (Lipinski definition) is 0. The van der Waals surface area contributed by atoms with Gasteiger partial charge in [0.25, 0.3) is 11.8 Å². The van der Waals surface area contributed by atoms with Crippen LogP contribution < -0.4 is 4.74 Å². The van der Waals surface area contributed by atoms with E-state index in [1.54, 1.807) is 24.3 Å². The first-order valence-corrected chi connectivity index (χ1v) is 8.36. The van der Waals surface area contributed by atoms with Crippen molar-refractivity contribution in [2.45, 2.75) is 19.8 Å². The van der Waals surface area contributed by atoms with E-state index < -0.39 is 0 Å². The van der Waals surface area contributed by atoms with Gasteiger partial charge in [-0.2, -0.15) is 0 Å². The second-order valence-corrected chi connectivity index (χ2v) is 6.02. The second kappa shape index (κ2) is 7.05. The minimum Gasteiger partial charge on any atom is -0.494 e. The Bertz CT molecular complexity index is 753. The molecule has 0 spiro atoms. The molecule has 2 aromatic carbocycles. The summed E-state index contributed by atoms with van der Waals surface area (Å²) in [4.78, 5) is 25.8. The topological polar surface area (TPSA) is 46.6 Å².